The summed E-state index contributed by atoms with van der Waals surface area (Å²) in [4.78, 5) is 30.9. The quantitative estimate of drug-likeness (QED) is 0.285. The third-order valence-corrected chi connectivity index (χ3v) is 9.01. The fourth-order valence-corrected chi connectivity index (χ4v) is 6.51. The van der Waals surface area contributed by atoms with Gasteiger partial charge in [0.25, 0.3) is 5.91 Å². The summed E-state index contributed by atoms with van der Waals surface area (Å²) in [5, 5.41) is 14.9. The van der Waals surface area contributed by atoms with Crippen LogP contribution in [0.4, 0.5) is 17.6 Å². The topological polar surface area (TPSA) is 106 Å². The number of imidazole rings is 1. The molecule has 3 saturated carbocycles. The van der Waals surface area contributed by atoms with Gasteiger partial charge in [-0.15, -0.1) is 0 Å². The van der Waals surface area contributed by atoms with E-state index in [2.05, 4.69) is 20.8 Å². The Morgan fingerprint density at radius 3 is 2.33 bits per heavy atom. The average molecular weight is 604 g/mol. The summed E-state index contributed by atoms with van der Waals surface area (Å²) in [6.07, 6.45) is 6.30. The average Bonchev–Trinajstić information content (AvgIpc) is 3.47. The Bertz CT molecular complexity index is 1480. The Morgan fingerprint density at radius 1 is 0.977 bits per heavy atom. The summed E-state index contributed by atoms with van der Waals surface area (Å²) in [6.45, 7) is 3.83. The molecule has 3 heterocycles. The number of carbonyl (C=O) groups is 2. The minimum Gasteiger partial charge on any atom is -0.349 e. The largest absolute Gasteiger partial charge is 0.349 e. The minimum absolute atomic E-state index is 0.0463. The van der Waals surface area contributed by atoms with Crippen LogP contribution in [0.5, 0.6) is 0 Å². The Hall–Kier alpha value is -3.51. The van der Waals surface area contributed by atoms with Crippen molar-refractivity contribution in [1.82, 2.24) is 35.0 Å². The van der Waals surface area contributed by atoms with Crippen LogP contribution >= 0.6 is 0 Å². The van der Waals surface area contributed by atoms with E-state index in [4.69, 9.17) is 4.98 Å². The molecule has 0 aromatic carbocycles. The molecule has 2 N–H and O–H groups in total. The first-order chi connectivity index (χ1) is 20.4. The number of hydrogen-bond acceptors (Lipinski definition) is 5. The molecule has 0 aliphatic heterocycles. The van der Waals surface area contributed by atoms with Gasteiger partial charge in [-0.3, -0.25) is 14.3 Å². The second-order valence-corrected chi connectivity index (χ2v) is 12.9. The van der Waals surface area contributed by atoms with Gasteiger partial charge in [-0.1, -0.05) is 0 Å². The van der Waals surface area contributed by atoms with Gasteiger partial charge in [-0.2, -0.15) is 10.2 Å². The van der Waals surface area contributed by atoms with Crippen molar-refractivity contribution in [3.63, 3.8) is 0 Å². The van der Waals surface area contributed by atoms with Crippen molar-refractivity contribution >= 4 is 17.5 Å². The van der Waals surface area contributed by atoms with Crippen molar-refractivity contribution in [1.29, 1.82) is 0 Å². The standard InChI is InChI=1S/C30H37F4N7O2/c1-17(2)41-23(7-10-35-41)28(43)39-27(20-5-8-29(31,32)9-6-20)22-16-40-24(37-22)12-21(15-36-40)26(19-3-4-19)38-25(42)11-18-13-30(33,34)14-18/h7,10,12,15-20,26-27H,3-6,8-9,11,13-14H2,1-2H3,(H,38,42)(H,39,43)/t26-,27+/m1/s1. The molecule has 3 fully saturated rings. The highest BCUT2D eigenvalue weighted by atomic mass is 19.3. The summed E-state index contributed by atoms with van der Waals surface area (Å²) in [5.41, 5.74) is 2.15. The van der Waals surface area contributed by atoms with Gasteiger partial charge in [0.1, 0.15) is 5.69 Å². The SMILES string of the molecule is CC(C)n1nccc1C(=O)N[C@H](c1cn2ncc([C@H](NC(=O)CC3CC(F)(F)C3)C3CC3)cc2n1)C1CCC(F)(F)CC1. The maximum absolute atomic E-state index is 14.1. The number of alkyl halides is 4. The number of nitrogens with zero attached hydrogens (tertiary/aromatic N) is 5. The molecule has 3 aliphatic carbocycles. The number of hydrogen-bond donors (Lipinski definition) is 2. The second-order valence-electron chi connectivity index (χ2n) is 12.9. The van der Waals surface area contributed by atoms with Gasteiger partial charge in [0, 0.05) is 44.3 Å². The van der Waals surface area contributed by atoms with Gasteiger partial charge in [0.15, 0.2) is 5.65 Å². The van der Waals surface area contributed by atoms with E-state index in [0.29, 0.717) is 17.0 Å². The molecule has 0 saturated heterocycles. The summed E-state index contributed by atoms with van der Waals surface area (Å²) < 4.78 is 57.8. The Kier molecular flexibility index (Phi) is 7.70. The fourth-order valence-electron chi connectivity index (χ4n) is 6.51. The predicted molar refractivity (Wildman–Crippen MR) is 149 cm³/mol. The van der Waals surface area contributed by atoms with E-state index in [-0.39, 0.29) is 86.6 Å². The number of rotatable bonds is 10. The van der Waals surface area contributed by atoms with Crippen LogP contribution in [-0.4, -0.2) is 48.0 Å². The van der Waals surface area contributed by atoms with E-state index in [1.54, 1.807) is 33.9 Å². The molecule has 0 bridgehead atoms. The molecule has 3 aliphatic rings. The molecule has 6 rings (SSSR count). The van der Waals surface area contributed by atoms with Gasteiger partial charge in [0.05, 0.1) is 30.2 Å². The van der Waals surface area contributed by atoms with Crippen LogP contribution in [0.25, 0.3) is 5.65 Å². The van der Waals surface area contributed by atoms with E-state index < -0.39 is 17.9 Å². The van der Waals surface area contributed by atoms with E-state index >= 15 is 0 Å². The van der Waals surface area contributed by atoms with Crippen molar-refractivity contribution in [3.05, 3.63) is 47.7 Å². The first-order valence-electron chi connectivity index (χ1n) is 15.1. The molecule has 232 valence electrons. The van der Waals surface area contributed by atoms with E-state index in [0.717, 1.165) is 18.4 Å². The first kappa shape index (κ1) is 29.6. The fraction of sp³-hybridized carbons (Fsp3) is 0.633. The lowest BCUT2D eigenvalue weighted by molar-refractivity contribution is -0.134. The van der Waals surface area contributed by atoms with Crippen LogP contribution in [0.2, 0.25) is 0 Å². The molecular weight excluding hydrogens is 566 g/mol. The Morgan fingerprint density at radius 2 is 1.67 bits per heavy atom. The number of amides is 2. The number of nitrogens with one attached hydrogen (secondary N) is 2. The second kappa shape index (κ2) is 11.2. The number of aromatic nitrogens is 5. The first-order valence-corrected chi connectivity index (χ1v) is 15.1. The zero-order chi connectivity index (χ0) is 30.5. The van der Waals surface area contributed by atoms with Gasteiger partial charge in [-0.05, 0) is 75.0 Å². The van der Waals surface area contributed by atoms with Crippen LogP contribution in [0.3, 0.4) is 0 Å². The molecule has 0 unspecified atom stereocenters. The highest BCUT2D eigenvalue weighted by molar-refractivity contribution is 5.92. The molecule has 3 aromatic rings. The summed E-state index contributed by atoms with van der Waals surface area (Å²) >= 11 is 0. The molecule has 0 spiro atoms. The van der Waals surface area contributed by atoms with E-state index in [9.17, 15) is 27.2 Å². The molecule has 2 amide bonds. The van der Waals surface area contributed by atoms with Crippen LogP contribution in [0.1, 0.15) is 112 Å². The van der Waals surface area contributed by atoms with Crippen LogP contribution in [-0.2, 0) is 4.79 Å². The van der Waals surface area contributed by atoms with Crippen LogP contribution in [0.15, 0.2) is 30.7 Å². The minimum atomic E-state index is -2.72. The molecule has 43 heavy (non-hydrogen) atoms. The molecule has 0 radical (unpaired) electrons. The lowest BCUT2D eigenvalue weighted by atomic mass is 9.79. The zero-order valence-electron chi connectivity index (χ0n) is 24.3. The molecule has 13 heteroatoms. The predicted octanol–water partition coefficient (Wildman–Crippen LogP) is 5.81. The lowest BCUT2D eigenvalue weighted by Crippen LogP contribution is -2.39. The zero-order valence-corrected chi connectivity index (χ0v) is 24.3. The van der Waals surface area contributed by atoms with Crippen molar-refractivity contribution in [2.45, 2.75) is 102 Å². The summed E-state index contributed by atoms with van der Waals surface area (Å²) in [6, 6.07) is 2.48. The molecule has 9 nitrogen and oxygen atoms in total. The normalized spacial score (nSPS) is 21.8. The van der Waals surface area contributed by atoms with Gasteiger partial charge in [-0.25, -0.2) is 27.1 Å². The van der Waals surface area contributed by atoms with Crippen LogP contribution < -0.4 is 10.6 Å². The van der Waals surface area contributed by atoms with Gasteiger partial charge < -0.3 is 10.6 Å². The van der Waals surface area contributed by atoms with Crippen molar-refractivity contribution in [2.24, 2.45) is 17.8 Å². The van der Waals surface area contributed by atoms with Gasteiger partial charge >= 0.3 is 0 Å². The smallest absolute Gasteiger partial charge is 0.270 e. The lowest BCUT2D eigenvalue weighted by Gasteiger charge is -2.34. The molecule has 2 atom stereocenters. The summed E-state index contributed by atoms with van der Waals surface area (Å²) in [7, 11) is 0. The molecular formula is C30H37F4N7O2. The Labute approximate surface area is 246 Å². The number of carbonyl (C=O) groups excluding carboxylic acids is 2. The third kappa shape index (κ3) is 6.54. The third-order valence-electron chi connectivity index (χ3n) is 9.01. The highest BCUT2D eigenvalue weighted by Gasteiger charge is 2.46. The van der Waals surface area contributed by atoms with Crippen molar-refractivity contribution in [2.75, 3.05) is 0 Å². The maximum Gasteiger partial charge on any atom is 0.270 e. The number of fused-ring (bicyclic) bond motifs is 1. The monoisotopic (exact) mass is 603 g/mol. The van der Waals surface area contributed by atoms with Crippen molar-refractivity contribution < 1.29 is 27.2 Å². The Balaban J connectivity index is 1.24. The van der Waals surface area contributed by atoms with Gasteiger partial charge in [0.2, 0.25) is 17.8 Å². The maximum atomic E-state index is 14.1. The highest BCUT2D eigenvalue weighted by Crippen LogP contribution is 2.45. The van der Waals surface area contributed by atoms with Crippen molar-refractivity contribution in [3.8, 4) is 0 Å². The van der Waals surface area contributed by atoms with E-state index in [1.165, 1.54) is 0 Å². The molecule has 3 aromatic heterocycles. The summed E-state index contributed by atoms with van der Waals surface area (Å²) in [5.74, 6) is -6.33. The van der Waals surface area contributed by atoms with E-state index in [1.807, 2.05) is 19.9 Å². The number of halogens is 4. The van der Waals surface area contributed by atoms with Crippen LogP contribution in [0, 0.1) is 17.8 Å².